The van der Waals surface area contributed by atoms with Gasteiger partial charge in [-0.15, -0.1) is 11.3 Å². The lowest BCUT2D eigenvalue weighted by Crippen LogP contribution is -2.48. The SMILES string of the molecule is COc1ccc(C)cc1S(=O)(=O)N1CCN(Cc2nc(C(C)(C)C)cs2)CC1. The summed E-state index contributed by atoms with van der Waals surface area (Å²) in [5, 5.41) is 3.21. The lowest BCUT2D eigenvalue weighted by Gasteiger charge is -2.33. The highest BCUT2D eigenvalue weighted by molar-refractivity contribution is 7.89. The van der Waals surface area contributed by atoms with Gasteiger partial charge >= 0.3 is 0 Å². The Morgan fingerprint density at radius 3 is 2.43 bits per heavy atom. The highest BCUT2D eigenvalue weighted by Crippen LogP contribution is 2.29. The summed E-state index contributed by atoms with van der Waals surface area (Å²) >= 11 is 1.68. The molecule has 0 spiro atoms. The van der Waals surface area contributed by atoms with E-state index in [1.54, 1.807) is 27.8 Å². The summed E-state index contributed by atoms with van der Waals surface area (Å²) < 4.78 is 33.1. The Balaban J connectivity index is 1.66. The highest BCUT2D eigenvalue weighted by Gasteiger charge is 2.31. The molecule has 0 aliphatic carbocycles. The van der Waals surface area contributed by atoms with E-state index in [0.717, 1.165) is 22.8 Å². The second kappa shape index (κ2) is 8.10. The lowest BCUT2D eigenvalue weighted by molar-refractivity contribution is 0.181. The van der Waals surface area contributed by atoms with Crippen LogP contribution in [0.2, 0.25) is 0 Å². The number of ether oxygens (including phenoxy) is 1. The molecule has 0 amide bonds. The largest absolute Gasteiger partial charge is 0.495 e. The third-order valence-corrected chi connectivity index (χ3v) is 7.70. The van der Waals surface area contributed by atoms with Gasteiger partial charge in [-0.3, -0.25) is 4.90 Å². The lowest BCUT2D eigenvalue weighted by atomic mass is 9.93. The molecule has 0 atom stereocenters. The van der Waals surface area contributed by atoms with Crippen LogP contribution in [0.15, 0.2) is 28.5 Å². The van der Waals surface area contributed by atoms with Crippen LogP contribution in [0.25, 0.3) is 0 Å². The van der Waals surface area contributed by atoms with Crippen LogP contribution in [-0.4, -0.2) is 55.9 Å². The van der Waals surface area contributed by atoms with E-state index in [1.807, 2.05) is 13.0 Å². The fourth-order valence-electron chi connectivity index (χ4n) is 3.17. The molecule has 1 saturated heterocycles. The van der Waals surface area contributed by atoms with Crippen LogP contribution in [0, 0.1) is 6.92 Å². The van der Waals surface area contributed by atoms with Crippen LogP contribution in [0.3, 0.4) is 0 Å². The van der Waals surface area contributed by atoms with Gasteiger partial charge in [0.05, 0.1) is 19.3 Å². The van der Waals surface area contributed by atoms with Gasteiger partial charge in [-0.1, -0.05) is 26.8 Å². The molecule has 0 unspecified atom stereocenters. The van der Waals surface area contributed by atoms with E-state index < -0.39 is 10.0 Å². The van der Waals surface area contributed by atoms with E-state index in [9.17, 15) is 8.42 Å². The van der Waals surface area contributed by atoms with Gasteiger partial charge in [0, 0.05) is 37.0 Å². The van der Waals surface area contributed by atoms with E-state index in [-0.39, 0.29) is 10.3 Å². The van der Waals surface area contributed by atoms with Crippen molar-refractivity contribution < 1.29 is 13.2 Å². The molecule has 0 N–H and O–H groups in total. The van der Waals surface area contributed by atoms with Crippen LogP contribution < -0.4 is 4.74 Å². The summed E-state index contributed by atoms with van der Waals surface area (Å²) in [6, 6.07) is 5.26. The van der Waals surface area contributed by atoms with Gasteiger partial charge in [0.25, 0.3) is 0 Å². The molecule has 1 aliphatic heterocycles. The van der Waals surface area contributed by atoms with E-state index in [2.05, 4.69) is 31.1 Å². The Hall–Kier alpha value is -1.48. The standard InChI is InChI=1S/C20H29N3O3S2/c1-15-6-7-16(26-5)17(12-15)28(24,25)23-10-8-22(9-11-23)13-19-21-18(14-27-19)20(2,3)4/h6-7,12,14H,8-11,13H2,1-5H3. The topological polar surface area (TPSA) is 62.7 Å². The maximum absolute atomic E-state index is 13.1. The first-order chi connectivity index (χ1) is 13.1. The molecule has 0 radical (unpaired) electrons. The smallest absolute Gasteiger partial charge is 0.246 e. The van der Waals surface area contributed by atoms with E-state index in [1.165, 1.54) is 7.11 Å². The van der Waals surface area contributed by atoms with E-state index >= 15 is 0 Å². The van der Waals surface area contributed by atoms with Gasteiger partial charge in [0.15, 0.2) is 0 Å². The maximum Gasteiger partial charge on any atom is 0.246 e. The Morgan fingerprint density at radius 2 is 1.86 bits per heavy atom. The van der Waals surface area contributed by atoms with Crippen molar-refractivity contribution >= 4 is 21.4 Å². The highest BCUT2D eigenvalue weighted by atomic mass is 32.2. The second-order valence-corrected chi connectivity index (χ2v) is 11.1. The molecular formula is C20H29N3O3S2. The van der Waals surface area contributed by atoms with Gasteiger partial charge in [0.2, 0.25) is 10.0 Å². The third-order valence-electron chi connectivity index (χ3n) is 4.95. The van der Waals surface area contributed by atoms with Crippen LogP contribution in [0.1, 0.15) is 37.0 Å². The summed E-state index contributed by atoms with van der Waals surface area (Å²) in [6.45, 7) is 11.5. The van der Waals surface area contributed by atoms with Crippen molar-refractivity contribution in [1.29, 1.82) is 0 Å². The van der Waals surface area contributed by atoms with Crippen molar-refractivity contribution in [2.24, 2.45) is 0 Å². The fraction of sp³-hybridized carbons (Fsp3) is 0.550. The van der Waals surface area contributed by atoms with Crippen LogP contribution >= 0.6 is 11.3 Å². The number of aromatic nitrogens is 1. The number of thiazole rings is 1. The number of hydrogen-bond acceptors (Lipinski definition) is 6. The zero-order chi connectivity index (χ0) is 20.5. The molecule has 1 aromatic carbocycles. The summed E-state index contributed by atoms with van der Waals surface area (Å²) in [5.74, 6) is 0.394. The number of nitrogens with zero attached hydrogens (tertiary/aromatic N) is 3. The third kappa shape index (κ3) is 4.56. The number of piperazine rings is 1. The Labute approximate surface area is 172 Å². The minimum atomic E-state index is -3.57. The number of aryl methyl sites for hydroxylation is 1. The molecule has 28 heavy (non-hydrogen) atoms. The summed E-state index contributed by atoms with van der Waals surface area (Å²) in [5.41, 5.74) is 2.06. The molecule has 1 aromatic heterocycles. The molecule has 3 rings (SSSR count). The van der Waals surface area contributed by atoms with Crippen molar-refractivity contribution in [2.45, 2.75) is 44.6 Å². The average molecular weight is 424 g/mol. The molecule has 1 fully saturated rings. The Bertz CT molecular complexity index is 924. The minimum absolute atomic E-state index is 0.0500. The van der Waals surface area contributed by atoms with Gasteiger partial charge in [-0.05, 0) is 24.6 Å². The first-order valence-corrected chi connectivity index (χ1v) is 11.8. The molecule has 2 heterocycles. The molecule has 1 aliphatic rings. The normalized spacial score (nSPS) is 17.0. The van der Waals surface area contributed by atoms with Gasteiger partial charge < -0.3 is 4.74 Å². The first kappa shape index (κ1) is 21.2. The Kier molecular flexibility index (Phi) is 6.14. The quantitative estimate of drug-likeness (QED) is 0.739. The average Bonchev–Trinajstić information content (AvgIpc) is 3.11. The molecular weight excluding hydrogens is 394 g/mol. The second-order valence-electron chi connectivity index (χ2n) is 8.21. The maximum atomic E-state index is 13.1. The molecule has 6 nitrogen and oxygen atoms in total. The fourth-order valence-corrected chi connectivity index (χ4v) is 5.90. The van der Waals surface area contributed by atoms with Crippen molar-refractivity contribution in [1.82, 2.24) is 14.2 Å². The predicted octanol–water partition coefficient (Wildman–Crippen LogP) is 3.26. The van der Waals surface area contributed by atoms with Crippen LogP contribution in [0.5, 0.6) is 5.75 Å². The monoisotopic (exact) mass is 423 g/mol. The Morgan fingerprint density at radius 1 is 1.18 bits per heavy atom. The number of sulfonamides is 1. The van der Waals surface area contributed by atoms with Crippen molar-refractivity contribution in [3.8, 4) is 5.75 Å². The minimum Gasteiger partial charge on any atom is -0.495 e. The summed E-state index contributed by atoms with van der Waals surface area (Å²) in [7, 11) is -2.07. The van der Waals surface area contributed by atoms with Gasteiger partial charge in [-0.25, -0.2) is 13.4 Å². The number of rotatable bonds is 5. The van der Waals surface area contributed by atoms with Gasteiger partial charge in [-0.2, -0.15) is 4.31 Å². The number of hydrogen-bond donors (Lipinski definition) is 0. The summed E-state index contributed by atoms with van der Waals surface area (Å²) in [6.07, 6.45) is 0. The van der Waals surface area contributed by atoms with Crippen molar-refractivity contribution in [2.75, 3.05) is 33.3 Å². The zero-order valence-electron chi connectivity index (χ0n) is 17.2. The molecule has 2 aromatic rings. The molecule has 0 saturated carbocycles. The van der Waals surface area contributed by atoms with Crippen molar-refractivity contribution in [3.05, 3.63) is 39.8 Å². The molecule has 154 valence electrons. The zero-order valence-corrected chi connectivity index (χ0v) is 18.9. The first-order valence-electron chi connectivity index (χ1n) is 9.43. The molecule has 0 bridgehead atoms. The van der Waals surface area contributed by atoms with Crippen LogP contribution in [0.4, 0.5) is 0 Å². The predicted molar refractivity (Wildman–Crippen MR) is 113 cm³/mol. The van der Waals surface area contributed by atoms with E-state index in [4.69, 9.17) is 9.72 Å². The summed E-state index contributed by atoms with van der Waals surface area (Å²) in [4.78, 5) is 7.27. The number of methoxy groups -OCH3 is 1. The van der Waals surface area contributed by atoms with Gasteiger partial charge in [0.1, 0.15) is 15.7 Å². The van der Waals surface area contributed by atoms with Crippen LogP contribution in [-0.2, 0) is 22.0 Å². The van der Waals surface area contributed by atoms with E-state index in [0.29, 0.717) is 31.9 Å². The molecule has 8 heteroatoms. The number of benzene rings is 1. The van der Waals surface area contributed by atoms with Crippen molar-refractivity contribution in [3.63, 3.8) is 0 Å².